The van der Waals surface area contributed by atoms with E-state index >= 15 is 0 Å². The Kier molecular flexibility index (Phi) is 5.71. The van der Waals surface area contributed by atoms with Crippen molar-refractivity contribution in [2.75, 3.05) is 6.26 Å². The van der Waals surface area contributed by atoms with E-state index in [0.29, 0.717) is 30.8 Å². The fraction of sp³-hybridized carbons (Fsp3) is 0.200. The zero-order valence-electron chi connectivity index (χ0n) is 14.9. The van der Waals surface area contributed by atoms with Gasteiger partial charge in [0.25, 0.3) is 0 Å². The molecule has 6 nitrogen and oxygen atoms in total. The SMILES string of the molecule is CS(=O)(=O)c1ccc(CCC(=O)NCc2cccnc2-c2ccco2)cc1. The minimum absolute atomic E-state index is 0.0866. The number of nitrogens with one attached hydrogen (secondary N) is 1. The van der Waals surface area contributed by atoms with Gasteiger partial charge >= 0.3 is 0 Å². The summed E-state index contributed by atoms with van der Waals surface area (Å²) in [5.41, 5.74) is 2.49. The number of furan rings is 1. The highest BCUT2D eigenvalue weighted by Gasteiger charge is 2.11. The van der Waals surface area contributed by atoms with Gasteiger partial charge in [-0.1, -0.05) is 18.2 Å². The summed E-state index contributed by atoms with van der Waals surface area (Å²) >= 11 is 0. The fourth-order valence-corrected chi connectivity index (χ4v) is 3.29. The molecule has 0 saturated carbocycles. The number of amides is 1. The van der Waals surface area contributed by atoms with Crippen molar-refractivity contribution in [3.05, 3.63) is 72.1 Å². The highest BCUT2D eigenvalue weighted by atomic mass is 32.2. The molecule has 1 amide bonds. The largest absolute Gasteiger partial charge is 0.463 e. The molecule has 0 atom stereocenters. The van der Waals surface area contributed by atoms with Crippen molar-refractivity contribution in [1.82, 2.24) is 10.3 Å². The number of nitrogens with zero attached hydrogens (tertiary/aromatic N) is 1. The summed E-state index contributed by atoms with van der Waals surface area (Å²) in [7, 11) is -3.21. The highest BCUT2D eigenvalue weighted by molar-refractivity contribution is 7.90. The maximum Gasteiger partial charge on any atom is 0.220 e. The Morgan fingerprint density at radius 2 is 1.89 bits per heavy atom. The molecule has 0 radical (unpaired) electrons. The van der Waals surface area contributed by atoms with Crippen molar-refractivity contribution >= 4 is 15.7 Å². The van der Waals surface area contributed by atoms with Crippen molar-refractivity contribution in [2.45, 2.75) is 24.3 Å². The molecule has 3 aromatic rings. The molecule has 2 heterocycles. The minimum Gasteiger partial charge on any atom is -0.463 e. The average Bonchev–Trinajstić information content (AvgIpc) is 3.19. The van der Waals surface area contributed by atoms with Gasteiger partial charge in [0, 0.05) is 31.0 Å². The quantitative estimate of drug-likeness (QED) is 0.676. The summed E-state index contributed by atoms with van der Waals surface area (Å²) in [6, 6.07) is 13.9. The number of rotatable bonds is 7. The first-order valence-electron chi connectivity index (χ1n) is 8.47. The third kappa shape index (κ3) is 5.04. The summed E-state index contributed by atoms with van der Waals surface area (Å²) in [5, 5.41) is 2.89. The second-order valence-electron chi connectivity index (χ2n) is 6.18. The van der Waals surface area contributed by atoms with Crippen LogP contribution in [0, 0.1) is 0 Å². The Balaban J connectivity index is 1.55. The van der Waals surface area contributed by atoms with Crippen LogP contribution < -0.4 is 5.32 Å². The molecular formula is C20H20N2O4S. The monoisotopic (exact) mass is 384 g/mol. The Hall–Kier alpha value is -2.93. The van der Waals surface area contributed by atoms with E-state index < -0.39 is 9.84 Å². The van der Waals surface area contributed by atoms with Crippen molar-refractivity contribution in [1.29, 1.82) is 0 Å². The molecule has 0 fully saturated rings. The van der Waals surface area contributed by atoms with Crippen molar-refractivity contribution in [3.8, 4) is 11.5 Å². The second-order valence-corrected chi connectivity index (χ2v) is 8.20. The number of pyridine rings is 1. The Bertz CT molecular complexity index is 1010. The summed E-state index contributed by atoms with van der Waals surface area (Å²) in [6.45, 7) is 0.357. The van der Waals surface area contributed by atoms with E-state index in [-0.39, 0.29) is 10.8 Å². The van der Waals surface area contributed by atoms with Crippen molar-refractivity contribution in [2.24, 2.45) is 0 Å². The van der Waals surface area contributed by atoms with Crippen LogP contribution in [-0.2, 0) is 27.6 Å². The van der Waals surface area contributed by atoms with E-state index in [9.17, 15) is 13.2 Å². The molecule has 7 heteroatoms. The number of carbonyl (C=O) groups is 1. The summed E-state index contributed by atoms with van der Waals surface area (Å²) in [4.78, 5) is 16.8. The van der Waals surface area contributed by atoms with Crippen LogP contribution in [0.2, 0.25) is 0 Å². The molecule has 0 aliphatic heterocycles. The summed E-state index contributed by atoms with van der Waals surface area (Å²) in [6.07, 6.45) is 5.29. The Morgan fingerprint density at radius 3 is 2.56 bits per heavy atom. The van der Waals surface area contributed by atoms with Gasteiger partial charge in [-0.2, -0.15) is 0 Å². The number of aromatic nitrogens is 1. The highest BCUT2D eigenvalue weighted by Crippen LogP contribution is 2.21. The molecule has 1 N–H and O–H groups in total. The van der Waals surface area contributed by atoms with Gasteiger partial charge in [0.15, 0.2) is 15.6 Å². The first kappa shape index (κ1) is 18.8. The van der Waals surface area contributed by atoms with Crippen molar-refractivity contribution < 1.29 is 17.6 Å². The maximum absolute atomic E-state index is 12.2. The standard InChI is InChI=1S/C20H20N2O4S/c1-27(24,25)17-9-6-15(7-10-17)8-11-19(23)22-14-16-4-2-12-21-20(16)18-5-3-13-26-18/h2-7,9-10,12-13H,8,11,14H2,1H3,(H,22,23). The molecule has 0 unspecified atom stereocenters. The zero-order valence-corrected chi connectivity index (χ0v) is 15.7. The smallest absolute Gasteiger partial charge is 0.220 e. The van der Waals surface area contributed by atoms with Crippen LogP contribution in [0.3, 0.4) is 0 Å². The maximum atomic E-state index is 12.2. The van der Waals surface area contributed by atoms with Gasteiger partial charge in [0.05, 0.1) is 11.2 Å². The van der Waals surface area contributed by atoms with E-state index in [4.69, 9.17) is 4.42 Å². The molecule has 0 saturated heterocycles. The van der Waals surface area contributed by atoms with Crippen LogP contribution in [0.25, 0.3) is 11.5 Å². The fourth-order valence-electron chi connectivity index (χ4n) is 2.66. The third-order valence-electron chi connectivity index (χ3n) is 4.11. The van der Waals surface area contributed by atoms with Gasteiger partial charge in [-0.05, 0) is 42.3 Å². The first-order chi connectivity index (χ1) is 12.9. The van der Waals surface area contributed by atoms with E-state index in [1.54, 1.807) is 42.8 Å². The normalized spacial score (nSPS) is 11.3. The molecule has 2 aromatic heterocycles. The Labute approximate surface area is 158 Å². The molecule has 140 valence electrons. The predicted molar refractivity (Wildman–Crippen MR) is 102 cm³/mol. The molecule has 0 aliphatic carbocycles. The van der Waals surface area contributed by atoms with E-state index in [2.05, 4.69) is 10.3 Å². The van der Waals surface area contributed by atoms with Crippen LogP contribution in [0.15, 0.2) is 70.3 Å². The number of hydrogen-bond acceptors (Lipinski definition) is 5. The zero-order chi connectivity index (χ0) is 19.3. The Morgan fingerprint density at radius 1 is 1.11 bits per heavy atom. The van der Waals surface area contributed by atoms with Crippen LogP contribution in [0.5, 0.6) is 0 Å². The van der Waals surface area contributed by atoms with Gasteiger partial charge in [-0.15, -0.1) is 0 Å². The molecule has 0 spiro atoms. The van der Waals surface area contributed by atoms with E-state index in [0.717, 1.165) is 11.1 Å². The first-order valence-corrected chi connectivity index (χ1v) is 10.4. The molecule has 0 aliphatic rings. The lowest BCUT2D eigenvalue weighted by Gasteiger charge is -2.09. The number of benzene rings is 1. The lowest BCUT2D eigenvalue weighted by atomic mass is 10.1. The number of sulfone groups is 1. The van der Waals surface area contributed by atoms with Gasteiger partial charge < -0.3 is 9.73 Å². The molecule has 3 rings (SSSR count). The van der Waals surface area contributed by atoms with Gasteiger partial charge in [0.1, 0.15) is 5.69 Å². The van der Waals surface area contributed by atoms with Gasteiger partial charge in [0.2, 0.25) is 5.91 Å². The minimum atomic E-state index is -3.21. The van der Waals surface area contributed by atoms with Crippen LogP contribution >= 0.6 is 0 Å². The number of carbonyl (C=O) groups excluding carboxylic acids is 1. The second kappa shape index (κ2) is 8.18. The predicted octanol–water partition coefficient (Wildman–Crippen LogP) is 2.99. The van der Waals surface area contributed by atoms with Crippen LogP contribution in [-0.4, -0.2) is 25.6 Å². The van der Waals surface area contributed by atoms with E-state index in [1.807, 2.05) is 18.2 Å². The number of aryl methyl sites for hydroxylation is 1. The summed E-state index contributed by atoms with van der Waals surface area (Å²) in [5.74, 6) is 0.572. The molecular weight excluding hydrogens is 364 g/mol. The number of hydrogen-bond donors (Lipinski definition) is 1. The topological polar surface area (TPSA) is 89.3 Å². The van der Waals surface area contributed by atoms with Crippen LogP contribution in [0.1, 0.15) is 17.5 Å². The molecule has 0 bridgehead atoms. The van der Waals surface area contributed by atoms with Gasteiger partial charge in [-0.3, -0.25) is 9.78 Å². The van der Waals surface area contributed by atoms with E-state index in [1.165, 1.54) is 6.26 Å². The molecule has 27 heavy (non-hydrogen) atoms. The van der Waals surface area contributed by atoms with Gasteiger partial charge in [-0.25, -0.2) is 8.42 Å². The average molecular weight is 384 g/mol. The summed E-state index contributed by atoms with van der Waals surface area (Å²) < 4.78 is 28.3. The third-order valence-corrected chi connectivity index (χ3v) is 5.24. The van der Waals surface area contributed by atoms with Crippen molar-refractivity contribution in [3.63, 3.8) is 0 Å². The lowest BCUT2D eigenvalue weighted by Crippen LogP contribution is -2.23. The lowest BCUT2D eigenvalue weighted by molar-refractivity contribution is -0.121. The molecule has 1 aromatic carbocycles. The van der Waals surface area contributed by atoms with Crippen LogP contribution in [0.4, 0.5) is 0 Å².